The molecule has 0 spiro atoms. The second-order valence-corrected chi connectivity index (χ2v) is 6.73. The first kappa shape index (κ1) is 17.2. The summed E-state index contributed by atoms with van der Waals surface area (Å²) in [7, 11) is 0. The van der Waals surface area contributed by atoms with Crippen LogP contribution in [0.5, 0.6) is 5.75 Å². The molecule has 1 aliphatic heterocycles. The molecule has 130 valence electrons. The first-order valence-corrected chi connectivity index (χ1v) is 8.66. The predicted molar refractivity (Wildman–Crippen MR) is 97.0 cm³/mol. The number of aryl methyl sites for hydroxylation is 1. The highest BCUT2D eigenvalue weighted by molar-refractivity contribution is 5.99. The number of phenols is 1. The highest BCUT2D eigenvalue weighted by Crippen LogP contribution is 2.25. The third kappa shape index (κ3) is 3.58. The van der Waals surface area contributed by atoms with E-state index in [9.17, 15) is 14.7 Å². The number of aromatic hydroxyl groups is 1. The number of ketones is 1. The fourth-order valence-corrected chi connectivity index (χ4v) is 3.36. The Labute approximate surface area is 148 Å². The molecule has 1 N–H and O–H groups in total. The van der Waals surface area contributed by atoms with E-state index in [1.165, 1.54) is 12.1 Å². The number of amides is 1. The van der Waals surface area contributed by atoms with Gasteiger partial charge in [0.1, 0.15) is 5.75 Å². The Morgan fingerprint density at radius 1 is 1.00 bits per heavy atom. The highest BCUT2D eigenvalue weighted by Gasteiger charge is 2.28. The average molecular weight is 337 g/mol. The smallest absolute Gasteiger partial charge is 0.254 e. The number of Topliss-reactive ketones (excluding diaryl/α,β-unsaturated/α-hetero) is 1. The summed E-state index contributed by atoms with van der Waals surface area (Å²) in [5.74, 6) is 0.244. The van der Waals surface area contributed by atoms with Crippen LogP contribution in [0.15, 0.2) is 42.5 Å². The van der Waals surface area contributed by atoms with Crippen LogP contribution in [0, 0.1) is 19.8 Å². The van der Waals surface area contributed by atoms with E-state index in [2.05, 4.69) is 0 Å². The van der Waals surface area contributed by atoms with E-state index in [4.69, 9.17) is 0 Å². The molecule has 1 fully saturated rings. The predicted octanol–water partition coefficient (Wildman–Crippen LogP) is 3.74. The molecule has 25 heavy (non-hydrogen) atoms. The van der Waals surface area contributed by atoms with Gasteiger partial charge in [0.15, 0.2) is 5.78 Å². The van der Waals surface area contributed by atoms with Crippen molar-refractivity contribution in [1.29, 1.82) is 0 Å². The molecule has 3 rings (SSSR count). The van der Waals surface area contributed by atoms with Crippen LogP contribution in [0.25, 0.3) is 0 Å². The van der Waals surface area contributed by atoms with Crippen LogP contribution in [0.2, 0.25) is 0 Å². The molecule has 0 unspecified atom stereocenters. The Kier molecular flexibility index (Phi) is 4.88. The second-order valence-electron chi connectivity index (χ2n) is 6.73. The maximum absolute atomic E-state index is 12.8. The topological polar surface area (TPSA) is 57.6 Å². The number of hydrogen-bond donors (Lipinski definition) is 1. The Bertz CT molecular complexity index is 787. The Morgan fingerprint density at radius 2 is 1.64 bits per heavy atom. The lowest BCUT2D eigenvalue weighted by atomic mass is 9.88. The molecule has 4 heteroatoms. The van der Waals surface area contributed by atoms with Crippen molar-refractivity contribution in [2.24, 2.45) is 5.92 Å². The van der Waals surface area contributed by atoms with Gasteiger partial charge in [0.05, 0.1) is 0 Å². The maximum atomic E-state index is 12.8. The molecule has 0 radical (unpaired) electrons. The van der Waals surface area contributed by atoms with Crippen molar-refractivity contribution in [3.8, 4) is 5.75 Å². The monoisotopic (exact) mass is 337 g/mol. The van der Waals surface area contributed by atoms with Gasteiger partial charge in [-0.05, 0) is 68.1 Å². The minimum absolute atomic E-state index is 0.0525. The number of hydrogen-bond acceptors (Lipinski definition) is 3. The summed E-state index contributed by atoms with van der Waals surface area (Å²) in [6, 6.07) is 12.2. The second kappa shape index (κ2) is 7.09. The summed E-state index contributed by atoms with van der Waals surface area (Å²) >= 11 is 0. The van der Waals surface area contributed by atoms with Gasteiger partial charge in [0.2, 0.25) is 0 Å². The molecule has 2 aromatic rings. The summed E-state index contributed by atoms with van der Waals surface area (Å²) < 4.78 is 0. The number of piperidine rings is 1. The molecule has 0 atom stereocenters. The Balaban J connectivity index is 1.65. The average Bonchev–Trinajstić information content (AvgIpc) is 2.64. The molecule has 1 heterocycles. The summed E-state index contributed by atoms with van der Waals surface area (Å²) in [5, 5.41) is 9.34. The molecule has 2 aromatic carbocycles. The lowest BCUT2D eigenvalue weighted by Gasteiger charge is -2.32. The van der Waals surface area contributed by atoms with Crippen LogP contribution >= 0.6 is 0 Å². The van der Waals surface area contributed by atoms with Crippen LogP contribution in [-0.2, 0) is 0 Å². The molecule has 0 bridgehead atoms. The van der Waals surface area contributed by atoms with Gasteiger partial charge in [-0.2, -0.15) is 0 Å². The minimum atomic E-state index is -0.0628. The lowest BCUT2D eigenvalue weighted by molar-refractivity contribution is 0.0649. The molecular formula is C21H23NO3. The number of nitrogens with zero attached hydrogens (tertiary/aromatic N) is 1. The Morgan fingerprint density at radius 3 is 2.28 bits per heavy atom. The fourth-order valence-electron chi connectivity index (χ4n) is 3.36. The summed E-state index contributed by atoms with van der Waals surface area (Å²) in [6.45, 7) is 5.18. The van der Waals surface area contributed by atoms with Gasteiger partial charge in [-0.3, -0.25) is 9.59 Å². The van der Waals surface area contributed by atoms with Gasteiger partial charge in [-0.15, -0.1) is 0 Å². The lowest BCUT2D eigenvalue weighted by Crippen LogP contribution is -2.40. The molecule has 1 saturated heterocycles. The molecule has 0 aromatic heterocycles. The Hall–Kier alpha value is -2.62. The summed E-state index contributed by atoms with van der Waals surface area (Å²) in [6.07, 6.45) is 1.35. The number of carbonyl (C=O) groups is 2. The van der Waals surface area contributed by atoms with Crippen molar-refractivity contribution in [2.45, 2.75) is 26.7 Å². The van der Waals surface area contributed by atoms with Crippen LogP contribution in [0.4, 0.5) is 0 Å². The van der Waals surface area contributed by atoms with Gasteiger partial charge in [0.25, 0.3) is 5.91 Å². The normalized spacial score (nSPS) is 15.2. The first-order chi connectivity index (χ1) is 12.0. The van der Waals surface area contributed by atoms with E-state index in [1.54, 1.807) is 12.1 Å². The van der Waals surface area contributed by atoms with Gasteiger partial charge >= 0.3 is 0 Å². The van der Waals surface area contributed by atoms with Gasteiger partial charge in [-0.25, -0.2) is 0 Å². The number of benzene rings is 2. The zero-order valence-electron chi connectivity index (χ0n) is 14.7. The zero-order valence-corrected chi connectivity index (χ0v) is 14.7. The fraction of sp³-hybridized carbons (Fsp3) is 0.333. The maximum Gasteiger partial charge on any atom is 0.254 e. The highest BCUT2D eigenvalue weighted by atomic mass is 16.3. The number of phenolic OH excluding ortho intramolecular Hbond substituents is 1. The summed E-state index contributed by atoms with van der Waals surface area (Å²) in [4.78, 5) is 27.2. The minimum Gasteiger partial charge on any atom is -0.508 e. The number of likely N-dealkylation sites (tertiary alicyclic amines) is 1. The van der Waals surface area contributed by atoms with E-state index < -0.39 is 0 Å². The van der Waals surface area contributed by atoms with Crippen molar-refractivity contribution in [1.82, 2.24) is 4.90 Å². The SMILES string of the molecule is Cc1cccc(C(=O)N2CCC(C(=O)c3ccc(O)cc3)CC2)c1C. The quantitative estimate of drug-likeness (QED) is 0.868. The molecule has 1 aliphatic rings. The van der Waals surface area contributed by atoms with E-state index in [0.29, 0.717) is 31.5 Å². The standard InChI is InChI=1S/C21H23NO3/c1-14-4-3-5-19(15(14)2)21(25)22-12-10-17(11-13-22)20(24)16-6-8-18(23)9-7-16/h3-9,17,23H,10-13H2,1-2H3. The number of rotatable bonds is 3. The molecule has 4 nitrogen and oxygen atoms in total. The van der Waals surface area contributed by atoms with Crippen LogP contribution < -0.4 is 0 Å². The van der Waals surface area contributed by atoms with Crippen molar-refractivity contribution < 1.29 is 14.7 Å². The number of carbonyl (C=O) groups excluding carboxylic acids is 2. The van der Waals surface area contributed by atoms with Crippen LogP contribution in [-0.4, -0.2) is 34.8 Å². The molecule has 0 saturated carbocycles. The van der Waals surface area contributed by atoms with Crippen LogP contribution in [0.3, 0.4) is 0 Å². The molecular weight excluding hydrogens is 314 g/mol. The van der Waals surface area contributed by atoms with Crippen molar-refractivity contribution >= 4 is 11.7 Å². The van der Waals surface area contributed by atoms with E-state index in [1.807, 2.05) is 36.9 Å². The van der Waals surface area contributed by atoms with E-state index >= 15 is 0 Å². The third-order valence-corrected chi connectivity index (χ3v) is 5.14. The summed E-state index contributed by atoms with van der Waals surface area (Å²) in [5.41, 5.74) is 3.51. The first-order valence-electron chi connectivity index (χ1n) is 8.66. The molecule has 0 aliphatic carbocycles. The van der Waals surface area contributed by atoms with E-state index in [-0.39, 0.29) is 23.4 Å². The largest absolute Gasteiger partial charge is 0.508 e. The van der Waals surface area contributed by atoms with E-state index in [0.717, 1.165) is 16.7 Å². The van der Waals surface area contributed by atoms with Gasteiger partial charge in [0, 0.05) is 30.1 Å². The van der Waals surface area contributed by atoms with Crippen molar-refractivity contribution in [3.05, 3.63) is 64.7 Å². The zero-order chi connectivity index (χ0) is 18.0. The third-order valence-electron chi connectivity index (χ3n) is 5.14. The van der Waals surface area contributed by atoms with Crippen molar-refractivity contribution in [2.75, 3.05) is 13.1 Å². The molecule has 1 amide bonds. The van der Waals surface area contributed by atoms with Crippen LogP contribution in [0.1, 0.15) is 44.7 Å². The van der Waals surface area contributed by atoms with Crippen molar-refractivity contribution in [3.63, 3.8) is 0 Å². The van der Waals surface area contributed by atoms with Gasteiger partial charge < -0.3 is 10.0 Å². The van der Waals surface area contributed by atoms with Gasteiger partial charge in [-0.1, -0.05) is 12.1 Å².